The van der Waals surface area contributed by atoms with Crippen molar-refractivity contribution < 1.29 is 19.1 Å². The van der Waals surface area contributed by atoms with E-state index in [2.05, 4.69) is 4.90 Å². The average Bonchev–Trinajstić information content (AvgIpc) is 2.84. The van der Waals surface area contributed by atoms with Gasteiger partial charge in [0.25, 0.3) is 0 Å². The van der Waals surface area contributed by atoms with Gasteiger partial charge in [0.1, 0.15) is 0 Å². The molecule has 1 aromatic heterocycles. The lowest BCUT2D eigenvalue weighted by Gasteiger charge is -2.31. The number of hydrogen-bond acceptors (Lipinski definition) is 6. The number of methoxy groups -OCH3 is 1. The first-order valence-electron chi connectivity index (χ1n) is 11.1. The first kappa shape index (κ1) is 22.0. The number of esters is 2. The van der Waals surface area contributed by atoms with Crippen molar-refractivity contribution >= 4 is 22.8 Å². The smallest absolute Gasteiger partial charge is 0.340 e. The standard InChI is InChI=1S/C26H28N2O4/c1-3-32-25(29)19-13-15-28(16-14-19)17-22-24(26(30)31-2)23(18-9-5-4-6-10-18)20-11-7-8-12-21(20)27-22/h4-12,19H,3,13-17H2,1-2H3. The Bertz CT molecular complexity index is 1110. The maximum Gasteiger partial charge on any atom is 0.340 e. The quantitative estimate of drug-likeness (QED) is 0.536. The third kappa shape index (κ3) is 4.50. The highest BCUT2D eigenvalue weighted by Crippen LogP contribution is 2.34. The molecule has 1 aliphatic heterocycles. The van der Waals surface area contributed by atoms with Crippen LogP contribution in [0.2, 0.25) is 0 Å². The number of aromatic nitrogens is 1. The summed E-state index contributed by atoms with van der Waals surface area (Å²) in [5, 5.41) is 0.920. The molecule has 2 aromatic carbocycles. The van der Waals surface area contributed by atoms with E-state index in [0.717, 1.165) is 48.0 Å². The number of likely N-dealkylation sites (tertiary alicyclic amines) is 1. The minimum atomic E-state index is -0.390. The van der Waals surface area contributed by atoms with Gasteiger partial charge in [0.15, 0.2) is 0 Å². The SMILES string of the molecule is CCOC(=O)C1CCN(Cc2nc3ccccc3c(-c3ccccc3)c2C(=O)OC)CC1. The molecular weight excluding hydrogens is 404 g/mol. The van der Waals surface area contributed by atoms with Crippen molar-refractivity contribution in [2.45, 2.75) is 26.3 Å². The zero-order valence-corrected chi connectivity index (χ0v) is 18.5. The largest absolute Gasteiger partial charge is 0.466 e. The topological polar surface area (TPSA) is 68.7 Å². The van der Waals surface area contributed by atoms with Crippen LogP contribution in [0.15, 0.2) is 54.6 Å². The predicted molar refractivity (Wildman–Crippen MR) is 123 cm³/mol. The second-order valence-electron chi connectivity index (χ2n) is 7.99. The second-order valence-corrected chi connectivity index (χ2v) is 7.99. The van der Waals surface area contributed by atoms with Crippen molar-refractivity contribution in [1.82, 2.24) is 9.88 Å². The molecule has 6 nitrogen and oxygen atoms in total. The first-order chi connectivity index (χ1) is 15.6. The number of para-hydroxylation sites is 1. The number of benzene rings is 2. The molecule has 0 N–H and O–H groups in total. The molecule has 0 radical (unpaired) electrons. The molecule has 0 amide bonds. The Hall–Kier alpha value is -3.25. The maximum absolute atomic E-state index is 13.0. The third-order valence-corrected chi connectivity index (χ3v) is 6.00. The van der Waals surface area contributed by atoms with Gasteiger partial charge in [0.05, 0.1) is 36.4 Å². The number of pyridine rings is 1. The van der Waals surface area contributed by atoms with Crippen LogP contribution in [0.3, 0.4) is 0 Å². The number of piperidine rings is 1. The van der Waals surface area contributed by atoms with Gasteiger partial charge >= 0.3 is 11.9 Å². The van der Waals surface area contributed by atoms with Crippen molar-refractivity contribution in [2.24, 2.45) is 5.92 Å². The molecule has 166 valence electrons. The first-order valence-corrected chi connectivity index (χ1v) is 11.1. The van der Waals surface area contributed by atoms with E-state index < -0.39 is 5.97 Å². The van der Waals surface area contributed by atoms with E-state index in [1.165, 1.54) is 7.11 Å². The van der Waals surface area contributed by atoms with Gasteiger partial charge in [-0.05, 0) is 44.5 Å². The van der Waals surface area contributed by atoms with Crippen LogP contribution >= 0.6 is 0 Å². The van der Waals surface area contributed by atoms with E-state index >= 15 is 0 Å². The van der Waals surface area contributed by atoms with E-state index in [1.807, 2.05) is 61.5 Å². The summed E-state index contributed by atoms with van der Waals surface area (Å²) in [7, 11) is 1.40. The minimum absolute atomic E-state index is 0.0595. The average molecular weight is 433 g/mol. The Balaban J connectivity index is 1.72. The summed E-state index contributed by atoms with van der Waals surface area (Å²) < 4.78 is 10.4. The molecule has 0 atom stereocenters. The molecule has 0 aliphatic carbocycles. The highest BCUT2D eigenvalue weighted by Gasteiger charge is 2.28. The fraction of sp³-hybridized carbons (Fsp3) is 0.346. The molecule has 0 unspecified atom stereocenters. The van der Waals surface area contributed by atoms with Crippen LogP contribution in [0.5, 0.6) is 0 Å². The third-order valence-electron chi connectivity index (χ3n) is 6.00. The van der Waals surface area contributed by atoms with Crippen LogP contribution in [0, 0.1) is 5.92 Å². The highest BCUT2D eigenvalue weighted by molar-refractivity contribution is 6.07. The van der Waals surface area contributed by atoms with Crippen molar-refractivity contribution in [1.29, 1.82) is 0 Å². The van der Waals surface area contributed by atoms with Crippen LogP contribution in [0.1, 0.15) is 35.8 Å². The lowest BCUT2D eigenvalue weighted by molar-refractivity contribution is -0.149. The lowest BCUT2D eigenvalue weighted by Crippen LogP contribution is -2.37. The zero-order chi connectivity index (χ0) is 22.5. The molecule has 1 saturated heterocycles. The molecule has 6 heteroatoms. The van der Waals surface area contributed by atoms with Crippen molar-refractivity contribution in [3.63, 3.8) is 0 Å². The molecule has 0 bridgehead atoms. The van der Waals surface area contributed by atoms with Gasteiger partial charge < -0.3 is 9.47 Å². The second kappa shape index (κ2) is 9.92. The number of ether oxygens (including phenoxy) is 2. The van der Waals surface area contributed by atoms with E-state index in [4.69, 9.17) is 14.5 Å². The summed E-state index contributed by atoms with van der Waals surface area (Å²) in [5.74, 6) is -0.563. The summed E-state index contributed by atoms with van der Waals surface area (Å²) in [6, 6.07) is 17.8. The summed E-state index contributed by atoms with van der Waals surface area (Å²) in [5.41, 5.74) is 3.84. The predicted octanol–water partition coefficient (Wildman–Crippen LogP) is 4.46. The Kier molecular flexibility index (Phi) is 6.81. The van der Waals surface area contributed by atoms with Gasteiger partial charge in [0, 0.05) is 17.5 Å². The molecule has 4 rings (SSSR count). The minimum Gasteiger partial charge on any atom is -0.466 e. The fourth-order valence-electron chi connectivity index (χ4n) is 4.40. The maximum atomic E-state index is 13.0. The number of hydrogen-bond donors (Lipinski definition) is 0. The van der Waals surface area contributed by atoms with Gasteiger partial charge in [-0.15, -0.1) is 0 Å². The fourth-order valence-corrected chi connectivity index (χ4v) is 4.40. The van der Waals surface area contributed by atoms with Crippen LogP contribution in [-0.2, 0) is 20.8 Å². The van der Waals surface area contributed by atoms with Crippen LogP contribution < -0.4 is 0 Å². The summed E-state index contributed by atoms with van der Waals surface area (Å²) in [6.45, 7) is 4.26. The van der Waals surface area contributed by atoms with Crippen molar-refractivity contribution in [2.75, 3.05) is 26.8 Å². The Morgan fingerprint density at radius 2 is 1.72 bits per heavy atom. The number of nitrogens with zero attached hydrogens (tertiary/aromatic N) is 2. The Morgan fingerprint density at radius 1 is 1.03 bits per heavy atom. The van der Waals surface area contributed by atoms with E-state index in [1.54, 1.807) is 0 Å². The molecule has 0 saturated carbocycles. The summed E-state index contributed by atoms with van der Waals surface area (Å²) >= 11 is 0. The van der Waals surface area contributed by atoms with Gasteiger partial charge in [-0.3, -0.25) is 14.7 Å². The van der Waals surface area contributed by atoms with E-state index in [-0.39, 0.29) is 11.9 Å². The van der Waals surface area contributed by atoms with Gasteiger partial charge in [0.2, 0.25) is 0 Å². The molecule has 3 aromatic rings. The van der Waals surface area contributed by atoms with Gasteiger partial charge in [-0.2, -0.15) is 0 Å². The summed E-state index contributed by atoms with van der Waals surface area (Å²) in [6.07, 6.45) is 1.48. The molecule has 0 spiro atoms. The Morgan fingerprint density at radius 3 is 2.41 bits per heavy atom. The molecule has 32 heavy (non-hydrogen) atoms. The number of rotatable bonds is 6. The van der Waals surface area contributed by atoms with Crippen LogP contribution in [0.25, 0.3) is 22.0 Å². The monoisotopic (exact) mass is 432 g/mol. The molecule has 2 heterocycles. The number of fused-ring (bicyclic) bond motifs is 1. The number of carbonyl (C=O) groups excluding carboxylic acids is 2. The van der Waals surface area contributed by atoms with Crippen LogP contribution in [0.4, 0.5) is 0 Å². The van der Waals surface area contributed by atoms with E-state index in [9.17, 15) is 9.59 Å². The molecular formula is C26H28N2O4. The van der Waals surface area contributed by atoms with Gasteiger partial charge in [-0.25, -0.2) is 4.79 Å². The lowest BCUT2D eigenvalue weighted by atomic mass is 9.93. The zero-order valence-electron chi connectivity index (χ0n) is 18.5. The van der Waals surface area contributed by atoms with Crippen LogP contribution in [-0.4, -0.2) is 48.6 Å². The van der Waals surface area contributed by atoms with Gasteiger partial charge in [-0.1, -0.05) is 48.5 Å². The summed E-state index contributed by atoms with van der Waals surface area (Å²) in [4.78, 5) is 32.2. The van der Waals surface area contributed by atoms with Crippen molar-refractivity contribution in [3.05, 3.63) is 65.9 Å². The molecule has 1 aliphatic rings. The Labute approximate surface area is 188 Å². The number of carbonyl (C=O) groups is 2. The highest BCUT2D eigenvalue weighted by atomic mass is 16.5. The van der Waals surface area contributed by atoms with Crippen molar-refractivity contribution in [3.8, 4) is 11.1 Å². The normalized spacial score (nSPS) is 14.9. The molecule has 1 fully saturated rings. The van der Waals surface area contributed by atoms with E-state index in [0.29, 0.717) is 24.4 Å².